The number of benzene rings is 1. The lowest BCUT2D eigenvalue weighted by Gasteiger charge is -2.33. The van der Waals surface area contributed by atoms with E-state index in [1.54, 1.807) is 19.0 Å². The summed E-state index contributed by atoms with van der Waals surface area (Å²) in [6.45, 7) is 10.1. The molecule has 1 aliphatic heterocycles. The van der Waals surface area contributed by atoms with Crippen molar-refractivity contribution in [1.82, 2.24) is 20.4 Å². The third-order valence-electron chi connectivity index (χ3n) is 4.84. The summed E-state index contributed by atoms with van der Waals surface area (Å²) in [6, 6.07) is 10.8. The summed E-state index contributed by atoms with van der Waals surface area (Å²) >= 11 is 0. The largest absolute Gasteiger partial charge is 0.356 e. The second-order valence-corrected chi connectivity index (χ2v) is 7.77. The van der Waals surface area contributed by atoms with Crippen molar-refractivity contribution in [3.05, 3.63) is 48.0 Å². The predicted molar refractivity (Wildman–Crippen MR) is 132 cm³/mol. The highest BCUT2D eigenvalue weighted by Gasteiger charge is 2.20. The topological polar surface area (TPSA) is 60.0 Å². The Bertz CT molecular complexity index is 654. The van der Waals surface area contributed by atoms with E-state index in [-0.39, 0.29) is 36.4 Å². The first-order chi connectivity index (χ1) is 13.4. The molecule has 0 aromatic heterocycles. The number of hydrogen-bond donors (Lipinski definition) is 2. The number of hydrogen-bond acceptors (Lipinski definition) is 3. The molecule has 29 heavy (non-hydrogen) atoms. The quantitative estimate of drug-likeness (QED) is 0.243. The number of carbonyl (C=O) groups excluding carboxylic acids is 1. The van der Waals surface area contributed by atoms with E-state index in [1.807, 2.05) is 6.07 Å². The van der Waals surface area contributed by atoms with Gasteiger partial charge in [0.1, 0.15) is 6.54 Å². The summed E-state index contributed by atoms with van der Waals surface area (Å²) in [5.74, 6) is 0.727. The molecule has 1 aromatic carbocycles. The number of rotatable bonds is 8. The zero-order valence-corrected chi connectivity index (χ0v) is 20.3. The molecule has 0 spiro atoms. The van der Waals surface area contributed by atoms with Crippen molar-refractivity contribution in [3.63, 3.8) is 0 Å². The number of likely N-dealkylation sites (N-methyl/N-ethyl adjacent to an activating group) is 1. The zero-order valence-electron chi connectivity index (χ0n) is 18.0. The van der Waals surface area contributed by atoms with Crippen LogP contribution in [0, 0.1) is 0 Å². The van der Waals surface area contributed by atoms with Crippen molar-refractivity contribution in [2.24, 2.45) is 4.99 Å². The van der Waals surface area contributed by atoms with Crippen molar-refractivity contribution in [3.8, 4) is 0 Å². The number of likely N-dealkylation sites (tertiary alicyclic amines) is 1. The Labute approximate surface area is 192 Å². The number of nitrogens with one attached hydrogen (secondary N) is 2. The third kappa shape index (κ3) is 10.1. The molecule has 1 saturated heterocycles. The summed E-state index contributed by atoms with van der Waals surface area (Å²) < 4.78 is 0. The van der Waals surface area contributed by atoms with Crippen molar-refractivity contribution >= 4 is 35.8 Å². The average molecular weight is 513 g/mol. The van der Waals surface area contributed by atoms with Gasteiger partial charge in [0.25, 0.3) is 0 Å². The molecule has 2 N–H and O–H groups in total. The van der Waals surface area contributed by atoms with Gasteiger partial charge in [-0.05, 0) is 31.7 Å². The van der Waals surface area contributed by atoms with Gasteiger partial charge in [-0.1, -0.05) is 42.5 Å². The standard InChI is InChI=1S/C22H35N5O.HI/c1-18(2)17-27-14-11-20(12-15-27)25-22(24-16-21(28)26(3)4)23-13-10-19-8-6-5-7-9-19;/h5-9,20H,1,10-17H2,2-4H3,(H2,23,24,25);1H. The first-order valence-electron chi connectivity index (χ1n) is 10.1. The zero-order chi connectivity index (χ0) is 20.4. The number of amides is 1. The maximum atomic E-state index is 11.9. The lowest BCUT2D eigenvalue weighted by atomic mass is 10.0. The number of nitrogens with zero attached hydrogens (tertiary/aromatic N) is 3. The Morgan fingerprint density at radius 3 is 2.48 bits per heavy atom. The first-order valence-corrected chi connectivity index (χ1v) is 10.1. The van der Waals surface area contributed by atoms with Crippen LogP contribution in [-0.2, 0) is 11.2 Å². The van der Waals surface area contributed by atoms with E-state index in [4.69, 9.17) is 0 Å². The molecule has 1 amide bonds. The molecule has 162 valence electrons. The van der Waals surface area contributed by atoms with E-state index in [2.05, 4.69) is 58.3 Å². The molecule has 1 fully saturated rings. The molecule has 0 bridgehead atoms. The SMILES string of the molecule is C=C(C)CN1CCC(NC(=NCC(=O)N(C)C)NCCc2ccccc2)CC1.I. The van der Waals surface area contributed by atoms with Gasteiger partial charge in [0.05, 0.1) is 0 Å². The molecule has 0 radical (unpaired) electrons. The molecule has 1 aromatic rings. The van der Waals surface area contributed by atoms with Gasteiger partial charge >= 0.3 is 0 Å². The summed E-state index contributed by atoms with van der Waals surface area (Å²) in [5, 5.41) is 6.92. The molecule has 2 rings (SSSR count). The molecule has 1 aliphatic rings. The lowest BCUT2D eigenvalue weighted by Crippen LogP contribution is -2.49. The molecule has 7 heteroatoms. The molecule has 1 heterocycles. The van der Waals surface area contributed by atoms with Gasteiger partial charge in [-0.15, -0.1) is 24.0 Å². The summed E-state index contributed by atoms with van der Waals surface area (Å²) in [4.78, 5) is 20.5. The summed E-state index contributed by atoms with van der Waals surface area (Å²) in [6.07, 6.45) is 3.04. The molecule has 0 unspecified atom stereocenters. The van der Waals surface area contributed by atoms with Crippen LogP contribution in [0.5, 0.6) is 0 Å². The van der Waals surface area contributed by atoms with Gasteiger partial charge < -0.3 is 15.5 Å². The third-order valence-corrected chi connectivity index (χ3v) is 4.84. The number of carbonyl (C=O) groups is 1. The van der Waals surface area contributed by atoms with Crippen molar-refractivity contribution in [1.29, 1.82) is 0 Å². The summed E-state index contributed by atoms with van der Waals surface area (Å²) in [5.41, 5.74) is 2.49. The van der Waals surface area contributed by atoms with E-state index >= 15 is 0 Å². The molecule has 0 atom stereocenters. The molecular formula is C22H36IN5O. The first kappa shape index (κ1) is 25.4. The molecular weight excluding hydrogens is 477 g/mol. The smallest absolute Gasteiger partial charge is 0.243 e. The number of halogens is 1. The van der Waals surface area contributed by atoms with Crippen LogP contribution in [0.2, 0.25) is 0 Å². The van der Waals surface area contributed by atoms with Gasteiger partial charge in [0.15, 0.2) is 5.96 Å². The van der Waals surface area contributed by atoms with Crippen LogP contribution in [-0.4, -0.2) is 74.5 Å². The second-order valence-electron chi connectivity index (χ2n) is 7.77. The van der Waals surface area contributed by atoms with Crippen molar-refractivity contribution in [2.45, 2.75) is 32.2 Å². The van der Waals surface area contributed by atoms with Gasteiger partial charge in [-0.3, -0.25) is 9.69 Å². The monoisotopic (exact) mass is 513 g/mol. The Morgan fingerprint density at radius 2 is 1.90 bits per heavy atom. The van der Waals surface area contributed by atoms with Crippen LogP contribution in [0.4, 0.5) is 0 Å². The fourth-order valence-electron chi connectivity index (χ4n) is 3.22. The van der Waals surface area contributed by atoms with Crippen LogP contribution in [0.1, 0.15) is 25.3 Å². The van der Waals surface area contributed by atoms with Crippen LogP contribution in [0.3, 0.4) is 0 Å². The highest BCUT2D eigenvalue weighted by atomic mass is 127. The Morgan fingerprint density at radius 1 is 1.24 bits per heavy atom. The van der Waals surface area contributed by atoms with E-state index in [9.17, 15) is 4.79 Å². The summed E-state index contributed by atoms with van der Waals surface area (Å²) in [7, 11) is 3.51. The van der Waals surface area contributed by atoms with Gasteiger partial charge in [0, 0.05) is 46.3 Å². The minimum absolute atomic E-state index is 0. The fourth-order valence-corrected chi connectivity index (χ4v) is 3.22. The molecule has 0 aliphatic carbocycles. The Hall–Kier alpha value is -1.61. The van der Waals surface area contributed by atoms with Crippen LogP contribution in [0.15, 0.2) is 47.5 Å². The minimum atomic E-state index is 0. The number of piperidine rings is 1. The predicted octanol–water partition coefficient (Wildman–Crippen LogP) is 2.51. The molecule has 6 nitrogen and oxygen atoms in total. The van der Waals surface area contributed by atoms with Gasteiger partial charge in [0.2, 0.25) is 5.91 Å². The van der Waals surface area contributed by atoms with E-state index in [0.717, 1.165) is 51.4 Å². The maximum absolute atomic E-state index is 11.9. The average Bonchev–Trinajstić information content (AvgIpc) is 2.67. The van der Waals surface area contributed by atoms with Crippen LogP contribution >= 0.6 is 24.0 Å². The second kappa shape index (κ2) is 13.6. The van der Waals surface area contributed by atoms with Crippen LogP contribution < -0.4 is 10.6 Å². The van der Waals surface area contributed by atoms with E-state index in [0.29, 0.717) is 6.04 Å². The Kier molecular flexibility index (Phi) is 11.9. The lowest BCUT2D eigenvalue weighted by molar-refractivity contribution is -0.127. The highest BCUT2D eigenvalue weighted by Crippen LogP contribution is 2.11. The maximum Gasteiger partial charge on any atom is 0.243 e. The minimum Gasteiger partial charge on any atom is -0.356 e. The number of aliphatic imine (C=N–C) groups is 1. The van der Waals surface area contributed by atoms with Crippen LogP contribution in [0.25, 0.3) is 0 Å². The van der Waals surface area contributed by atoms with Crippen molar-refractivity contribution < 1.29 is 4.79 Å². The Balaban J connectivity index is 0.00000420. The highest BCUT2D eigenvalue weighted by molar-refractivity contribution is 14.0. The van der Waals surface area contributed by atoms with Gasteiger partial charge in [-0.2, -0.15) is 0 Å². The normalized spacial score (nSPS) is 15.3. The fraction of sp³-hybridized carbons (Fsp3) is 0.545. The van der Waals surface area contributed by atoms with E-state index in [1.165, 1.54) is 11.1 Å². The molecule has 0 saturated carbocycles. The number of guanidine groups is 1. The van der Waals surface area contributed by atoms with Crippen molar-refractivity contribution in [2.75, 3.05) is 46.8 Å². The van der Waals surface area contributed by atoms with Gasteiger partial charge in [-0.25, -0.2) is 4.99 Å². The van der Waals surface area contributed by atoms with E-state index < -0.39 is 0 Å².